The average Bonchev–Trinajstić information content (AvgIpc) is 3.17. The van der Waals surface area contributed by atoms with E-state index in [4.69, 9.17) is 0 Å². The number of H-pyrrole nitrogens is 1. The number of hydrogen-bond donors (Lipinski definition) is 2. The number of carbonyl (C=O) groups excluding carboxylic acids is 1. The summed E-state index contributed by atoms with van der Waals surface area (Å²) in [5.41, 5.74) is 4.10. The minimum atomic E-state index is -0.147. The molecule has 0 saturated heterocycles. The number of amides is 1. The number of rotatable bonds is 6. The van der Waals surface area contributed by atoms with E-state index in [9.17, 15) is 4.79 Å². The fourth-order valence-electron chi connectivity index (χ4n) is 2.66. The first-order valence-corrected chi connectivity index (χ1v) is 9.07. The zero-order valence-corrected chi connectivity index (χ0v) is 15.4. The lowest BCUT2D eigenvalue weighted by atomic mass is 10.1. The molecule has 2 aromatic heterocycles. The van der Waals surface area contributed by atoms with E-state index in [0.29, 0.717) is 12.2 Å². The molecule has 130 valence electrons. The van der Waals surface area contributed by atoms with E-state index in [0.717, 1.165) is 28.4 Å². The third kappa shape index (κ3) is 3.93. The Kier molecular flexibility index (Phi) is 5.23. The average molecular weight is 355 g/mol. The van der Waals surface area contributed by atoms with Gasteiger partial charge in [0.15, 0.2) is 0 Å². The van der Waals surface area contributed by atoms with E-state index in [2.05, 4.69) is 32.7 Å². The van der Waals surface area contributed by atoms with E-state index in [1.54, 1.807) is 17.8 Å². The van der Waals surface area contributed by atoms with Crippen LogP contribution in [0.2, 0.25) is 0 Å². The molecule has 3 rings (SSSR count). The minimum Gasteiger partial charge on any atom is -0.350 e. The van der Waals surface area contributed by atoms with Crippen molar-refractivity contribution in [2.75, 3.05) is 12.3 Å². The van der Waals surface area contributed by atoms with Gasteiger partial charge in [-0.2, -0.15) is 10.2 Å². The van der Waals surface area contributed by atoms with Crippen LogP contribution >= 0.6 is 11.8 Å². The number of nitrogens with one attached hydrogen (secondary N) is 2. The lowest BCUT2D eigenvalue weighted by molar-refractivity contribution is 0.0951. The zero-order chi connectivity index (χ0) is 17.8. The van der Waals surface area contributed by atoms with Crippen molar-refractivity contribution in [3.8, 4) is 11.3 Å². The van der Waals surface area contributed by atoms with Gasteiger partial charge < -0.3 is 5.32 Å². The Labute approximate surface area is 151 Å². The van der Waals surface area contributed by atoms with Gasteiger partial charge in [-0.3, -0.25) is 14.6 Å². The zero-order valence-electron chi connectivity index (χ0n) is 14.5. The molecular formula is C18H21N5OS. The summed E-state index contributed by atoms with van der Waals surface area (Å²) in [6.07, 6.45) is 0. The van der Waals surface area contributed by atoms with Gasteiger partial charge in [0.05, 0.1) is 11.4 Å². The summed E-state index contributed by atoms with van der Waals surface area (Å²) in [5.74, 6) is 0.670. The number of hydrogen-bond acceptors (Lipinski definition) is 4. The molecule has 3 aromatic rings. The molecule has 0 saturated carbocycles. The van der Waals surface area contributed by atoms with Crippen molar-refractivity contribution in [2.24, 2.45) is 7.05 Å². The fourth-order valence-corrected chi connectivity index (χ4v) is 3.45. The highest BCUT2D eigenvalue weighted by atomic mass is 32.2. The molecule has 0 radical (unpaired) electrons. The largest absolute Gasteiger partial charge is 0.350 e. The molecule has 1 aromatic carbocycles. The van der Waals surface area contributed by atoms with Gasteiger partial charge in [-0.25, -0.2) is 0 Å². The smallest absolute Gasteiger partial charge is 0.269 e. The van der Waals surface area contributed by atoms with Gasteiger partial charge in [0.1, 0.15) is 5.69 Å². The van der Waals surface area contributed by atoms with Gasteiger partial charge in [-0.15, -0.1) is 11.8 Å². The van der Waals surface area contributed by atoms with Crippen LogP contribution in [0.5, 0.6) is 0 Å². The van der Waals surface area contributed by atoms with Crippen LogP contribution in [0.3, 0.4) is 0 Å². The highest BCUT2D eigenvalue weighted by Crippen LogP contribution is 2.25. The molecule has 0 fully saturated rings. The van der Waals surface area contributed by atoms with Crippen molar-refractivity contribution in [3.05, 3.63) is 53.5 Å². The standard InChI is InChI=1S/C18H21N5OS/c1-12-17(13(2)23(3)22-12)15-11-16(21-20-15)18(24)19-9-10-25-14-7-5-4-6-8-14/h4-8,11H,9-10H2,1-3H3,(H,19,24)(H,20,21). The minimum absolute atomic E-state index is 0.147. The first-order chi connectivity index (χ1) is 12.1. The molecule has 0 bridgehead atoms. The Hall–Kier alpha value is -2.54. The summed E-state index contributed by atoms with van der Waals surface area (Å²) in [4.78, 5) is 13.5. The number of aryl methyl sites for hydroxylation is 2. The van der Waals surface area contributed by atoms with Gasteiger partial charge in [0, 0.05) is 35.5 Å². The Morgan fingerprint density at radius 1 is 1.28 bits per heavy atom. The fraction of sp³-hybridized carbons (Fsp3) is 0.278. The lowest BCUT2D eigenvalue weighted by Crippen LogP contribution is -2.26. The van der Waals surface area contributed by atoms with Crippen molar-refractivity contribution in [1.29, 1.82) is 0 Å². The highest BCUT2D eigenvalue weighted by Gasteiger charge is 2.16. The second-order valence-corrected chi connectivity index (χ2v) is 6.92. The summed E-state index contributed by atoms with van der Waals surface area (Å²) < 4.78 is 1.82. The monoisotopic (exact) mass is 355 g/mol. The van der Waals surface area contributed by atoms with E-state index >= 15 is 0 Å². The van der Waals surface area contributed by atoms with Crippen LogP contribution in [-0.2, 0) is 7.05 Å². The Balaban J connectivity index is 1.57. The summed E-state index contributed by atoms with van der Waals surface area (Å²) in [7, 11) is 1.90. The van der Waals surface area contributed by atoms with Crippen molar-refractivity contribution in [3.63, 3.8) is 0 Å². The van der Waals surface area contributed by atoms with E-state index in [1.165, 1.54) is 4.90 Å². The molecule has 25 heavy (non-hydrogen) atoms. The van der Waals surface area contributed by atoms with Gasteiger partial charge in [-0.05, 0) is 32.0 Å². The predicted molar refractivity (Wildman–Crippen MR) is 99.8 cm³/mol. The molecule has 6 nitrogen and oxygen atoms in total. The Bertz CT molecular complexity index is 869. The summed E-state index contributed by atoms with van der Waals surface area (Å²) in [6.45, 7) is 4.53. The lowest BCUT2D eigenvalue weighted by Gasteiger charge is -2.03. The van der Waals surface area contributed by atoms with Crippen molar-refractivity contribution in [2.45, 2.75) is 18.7 Å². The molecule has 0 aliphatic heterocycles. The van der Waals surface area contributed by atoms with Crippen molar-refractivity contribution >= 4 is 17.7 Å². The molecule has 0 atom stereocenters. The predicted octanol–water partition coefficient (Wildman–Crippen LogP) is 2.95. The summed E-state index contributed by atoms with van der Waals surface area (Å²) in [6, 6.07) is 11.9. The molecule has 2 N–H and O–H groups in total. The number of benzene rings is 1. The maximum atomic E-state index is 12.3. The highest BCUT2D eigenvalue weighted by molar-refractivity contribution is 7.99. The van der Waals surface area contributed by atoms with Gasteiger partial charge >= 0.3 is 0 Å². The molecule has 7 heteroatoms. The van der Waals surface area contributed by atoms with Crippen LogP contribution in [0, 0.1) is 13.8 Å². The van der Waals surface area contributed by atoms with Crippen LogP contribution in [0.25, 0.3) is 11.3 Å². The molecule has 0 aliphatic carbocycles. The maximum Gasteiger partial charge on any atom is 0.269 e. The molecular weight excluding hydrogens is 334 g/mol. The number of nitrogens with zero attached hydrogens (tertiary/aromatic N) is 3. The van der Waals surface area contributed by atoms with Crippen LogP contribution < -0.4 is 5.32 Å². The molecule has 0 unspecified atom stereocenters. The number of carbonyl (C=O) groups is 1. The maximum absolute atomic E-state index is 12.3. The second kappa shape index (κ2) is 7.57. The number of aromatic nitrogens is 4. The van der Waals surface area contributed by atoms with Crippen molar-refractivity contribution in [1.82, 2.24) is 25.3 Å². The van der Waals surface area contributed by atoms with Crippen LogP contribution in [0.1, 0.15) is 21.9 Å². The normalized spacial score (nSPS) is 10.8. The van der Waals surface area contributed by atoms with Gasteiger partial charge in [0.2, 0.25) is 0 Å². The molecule has 0 spiro atoms. The SMILES string of the molecule is Cc1nn(C)c(C)c1-c1cc(C(=O)NCCSc2ccccc2)[nH]n1. The van der Waals surface area contributed by atoms with Gasteiger partial charge in [-0.1, -0.05) is 18.2 Å². The third-order valence-electron chi connectivity index (χ3n) is 3.99. The molecule has 1 amide bonds. The van der Waals surface area contributed by atoms with E-state index in [-0.39, 0.29) is 5.91 Å². The van der Waals surface area contributed by atoms with Crippen molar-refractivity contribution < 1.29 is 4.79 Å². The van der Waals surface area contributed by atoms with Crippen LogP contribution in [0.15, 0.2) is 41.3 Å². The molecule has 0 aliphatic rings. The number of aromatic amines is 1. The van der Waals surface area contributed by atoms with E-state index in [1.807, 2.05) is 43.8 Å². The topological polar surface area (TPSA) is 75.6 Å². The Morgan fingerprint density at radius 2 is 2.04 bits per heavy atom. The summed E-state index contributed by atoms with van der Waals surface area (Å²) >= 11 is 1.71. The summed E-state index contributed by atoms with van der Waals surface area (Å²) in [5, 5.41) is 14.4. The first-order valence-electron chi connectivity index (χ1n) is 8.08. The third-order valence-corrected chi connectivity index (χ3v) is 5.00. The number of thioether (sulfide) groups is 1. The van der Waals surface area contributed by atoms with Gasteiger partial charge in [0.25, 0.3) is 5.91 Å². The Morgan fingerprint density at radius 3 is 2.72 bits per heavy atom. The quantitative estimate of drug-likeness (QED) is 0.526. The van der Waals surface area contributed by atoms with Crippen LogP contribution in [-0.4, -0.2) is 38.2 Å². The second-order valence-electron chi connectivity index (χ2n) is 5.75. The van der Waals surface area contributed by atoms with E-state index < -0.39 is 0 Å². The van der Waals surface area contributed by atoms with Crippen LogP contribution in [0.4, 0.5) is 0 Å². The molecule has 2 heterocycles. The first kappa shape index (κ1) is 17.3.